The Balaban J connectivity index is 2.21. The van der Waals surface area contributed by atoms with E-state index in [-0.39, 0.29) is 0 Å². The second-order valence-corrected chi connectivity index (χ2v) is 2.51. The quantitative estimate of drug-likeness (QED) is 0.514. The molecule has 0 spiro atoms. The third kappa shape index (κ3) is 1.41. The molecular formula is C8H12O. The van der Waals surface area contributed by atoms with E-state index in [1.54, 1.807) is 0 Å². The molecule has 0 aromatic carbocycles. The van der Waals surface area contributed by atoms with Crippen LogP contribution in [0.1, 0.15) is 26.2 Å². The van der Waals surface area contributed by atoms with Gasteiger partial charge in [0.15, 0.2) is 0 Å². The van der Waals surface area contributed by atoms with Gasteiger partial charge in [0.1, 0.15) is 5.78 Å². The van der Waals surface area contributed by atoms with Crippen molar-refractivity contribution in [2.75, 3.05) is 0 Å². The summed E-state index contributed by atoms with van der Waals surface area (Å²) < 4.78 is 0. The molecule has 1 aliphatic rings. The molecule has 1 rings (SSSR count). The van der Waals surface area contributed by atoms with Crippen LogP contribution >= 0.6 is 0 Å². The SMILES string of the molecule is C/C=C/CC1CCC1=O. The Bertz CT molecular complexity index is 136. The number of allylic oxidation sites excluding steroid dienone is 2. The maximum Gasteiger partial charge on any atom is 0.136 e. The van der Waals surface area contributed by atoms with Gasteiger partial charge in [0.2, 0.25) is 0 Å². The van der Waals surface area contributed by atoms with Crippen LogP contribution in [0.2, 0.25) is 0 Å². The average Bonchev–Trinajstić information content (AvgIpc) is 1.86. The van der Waals surface area contributed by atoms with Crippen molar-refractivity contribution < 1.29 is 4.79 Å². The van der Waals surface area contributed by atoms with Gasteiger partial charge in [-0.15, -0.1) is 0 Å². The number of carbonyl (C=O) groups is 1. The van der Waals surface area contributed by atoms with E-state index in [0.717, 1.165) is 19.3 Å². The molecule has 1 aliphatic carbocycles. The zero-order valence-corrected chi connectivity index (χ0v) is 5.76. The molecule has 1 heteroatoms. The highest BCUT2D eigenvalue weighted by atomic mass is 16.1. The molecule has 1 saturated carbocycles. The Kier molecular flexibility index (Phi) is 2.04. The van der Waals surface area contributed by atoms with Crippen molar-refractivity contribution in [3.8, 4) is 0 Å². The molecule has 0 heterocycles. The predicted molar refractivity (Wildman–Crippen MR) is 37.2 cm³/mol. The van der Waals surface area contributed by atoms with Crippen molar-refractivity contribution in [3.63, 3.8) is 0 Å². The lowest BCUT2D eigenvalue weighted by atomic mass is 9.81. The summed E-state index contributed by atoms with van der Waals surface area (Å²) in [6.07, 6.45) is 6.98. The molecule has 50 valence electrons. The summed E-state index contributed by atoms with van der Waals surface area (Å²) in [7, 11) is 0. The average molecular weight is 124 g/mol. The third-order valence-electron chi connectivity index (χ3n) is 1.85. The molecular weight excluding hydrogens is 112 g/mol. The van der Waals surface area contributed by atoms with Crippen molar-refractivity contribution in [1.82, 2.24) is 0 Å². The summed E-state index contributed by atoms with van der Waals surface area (Å²) in [6.45, 7) is 1.99. The zero-order chi connectivity index (χ0) is 6.69. The lowest BCUT2D eigenvalue weighted by molar-refractivity contribution is -0.128. The largest absolute Gasteiger partial charge is 0.299 e. The van der Waals surface area contributed by atoms with Gasteiger partial charge in [0, 0.05) is 12.3 Å². The molecule has 0 radical (unpaired) electrons. The highest BCUT2D eigenvalue weighted by Crippen LogP contribution is 2.25. The van der Waals surface area contributed by atoms with Gasteiger partial charge < -0.3 is 0 Å². The molecule has 1 nitrogen and oxygen atoms in total. The lowest BCUT2D eigenvalue weighted by Crippen LogP contribution is -2.24. The molecule has 0 aromatic heterocycles. The summed E-state index contributed by atoms with van der Waals surface area (Å²) in [5.74, 6) is 0.828. The fraction of sp³-hybridized carbons (Fsp3) is 0.625. The maximum absolute atomic E-state index is 10.7. The third-order valence-corrected chi connectivity index (χ3v) is 1.85. The number of carbonyl (C=O) groups excluding carboxylic acids is 1. The molecule has 0 amide bonds. The van der Waals surface area contributed by atoms with Gasteiger partial charge in [-0.05, 0) is 19.8 Å². The number of rotatable bonds is 2. The molecule has 1 fully saturated rings. The Morgan fingerprint density at radius 2 is 2.56 bits per heavy atom. The van der Waals surface area contributed by atoms with Crippen molar-refractivity contribution in [2.45, 2.75) is 26.2 Å². The van der Waals surface area contributed by atoms with Crippen LogP contribution in [0, 0.1) is 5.92 Å². The summed E-state index contributed by atoms with van der Waals surface area (Å²) in [5, 5.41) is 0. The van der Waals surface area contributed by atoms with E-state index in [4.69, 9.17) is 0 Å². The second kappa shape index (κ2) is 2.81. The smallest absolute Gasteiger partial charge is 0.136 e. The Morgan fingerprint density at radius 1 is 1.78 bits per heavy atom. The van der Waals surface area contributed by atoms with Crippen molar-refractivity contribution in [1.29, 1.82) is 0 Å². The Labute approximate surface area is 55.8 Å². The number of hydrogen-bond donors (Lipinski definition) is 0. The van der Waals surface area contributed by atoms with Gasteiger partial charge in [-0.25, -0.2) is 0 Å². The van der Waals surface area contributed by atoms with Gasteiger partial charge >= 0.3 is 0 Å². The number of ketones is 1. The molecule has 1 atom stereocenters. The lowest BCUT2D eigenvalue weighted by Gasteiger charge is -2.21. The molecule has 0 aliphatic heterocycles. The first kappa shape index (κ1) is 6.53. The van der Waals surface area contributed by atoms with Gasteiger partial charge in [0.25, 0.3) is 0 Å². The van der Waals surface area contributed by atoms with E-state index in [9.17, 15) is 4.79 Å². The molecule has 0 saturated heterocycles. The van der Waals surface area contributed by atoms with Gasteiger partial charge in [-0.2, -0.15) is 0 Å². The van der Waals surface area contributed by atoms with E-state index in [1.165, 1.54) is 0 Å². The molecule has 9 heavy (non-hydrogen) atoms. The first-order valence-electron chi connectivity index (χ1n) is 3.48. The highest BCUT2D eigenvalue weighted by Gasteiger charge is 2.25. The zero-order valence-electron chi connectivity index (χ0n) is 5.76. The van der Waals surface area contributed by atoms with Crippen molar-refractivity contribution in [3.05, 3.63) is 12.2 Å². The summed E-state index contributed by atoms with van der Waals surface area (Å²) in [4.78, 5) is 10.7. The van der Waals surface area contributed by atoms with Crippen LogP contribution in [0.15, 0.2) is 12.2 Å². The van der Waals surface area contributed by atoms with E-state index >= 15 is 0 Å². The van der Waals surface area contributed by atoms with E-state index in [1.807, 2.05) is 13.0 Å². The van der Waals surface area contributed by atoms with Gasteiger partial charge in [-0.1, -0.05) is 12.2 Å². The van der Waals surface area contributed by atoms with Gasteiger partial charge in [-0.3, -0.25) is 4.79 Å². The van der Waals surface area contributed by atoms with E-state index < -0.39 is 0 Å². The Hall–Kier alpha value is -0.590. The second-order valence-electron chi connectivity index (χ2n) is 2.51. The minimum absolute atomic E-state index is 0.376. The van der Waals surface area contributed by atoms with Crippen LogP contribution in [0.3, 0.4) is 0 Å². The van der Waals surface area contributed by atoms with Crippen molar-refractivity contribution >= 4 is 5.78 Å². The first-order chi connectivity index (χ1) is 4.34. The fourth-order valence-electron chi connectivity index (χ4n) is 1.02. The topological polar surface area (TPSA) is 17.1 Å². The van der Waals surface area contributed by atoms with Crippen LogP contribution in [0.4, 0.5) is 0 Å². The number of Topliss-reactive ketones (excluding diaryl/α,β-unsaturated/α-hetero) is 1. The number of hydrogen-bond acceptors (Lipinski definition) is 1. The van der Waals surface area contributed by atoms with E-state index in [0.29, 0.717) is 11.7 Å². The Morgan fingerprint density at radius 3 is 2.89 bits per heavy atom. The molecule has 0 aromatic rings. The van der Waals surface area contributed by atoms with Gasteiger partial charge in [0.05, 0.1) is 0 Å². The van der Waals surface area contributed by atoms with Crippen LogP contribution in [-0.4, -0.2) is 5.78 Å². The summed E-state index contributed by atoms with van der Waals surface area (Å²) in [6, 6.07) is 0. The molecule has 0 bridgehead atoms. The minimum atomic E-state index is 0.376. The minimum Gasteiger partial charge on any atom is -0.299 e. The molecule has 0 N–H and O–H groups in total. The monoisotopic (exact) mass is 124 g/mol. The summed E-state index contributed by atoms with van der Waals surface area (Å²) in [5.41, 5.74) is 0. The maximum atomic E-state index is 10.7. The van der Waals surface area contributed by atoms with Crippen LogP contribution in [-0.2, 0) is 4.79 Å². The van der Waals surface area contributed by atoms with Crippen LogP contribution < -0.4 is 0 Å². The summed E-state index contributed by atoms with van der Waals surface area (Å²) >= 11 is 0. The van der Waals surface area contributed by atoms with Crippen LogP contribution in [0.5, 0.6) is 0 Å². The van der Waals surface area contributed by atoms with Crippen molar-refractivity contribution in [2.24, 2.45) is 5.92 Å². The fourth-order valence-corrected chi connectivity index (χ4v) is 1.02. The normalized spacial score (nSPS) is 26.8. The van der Waals surface area contributed by atoms with Crippen LogP contribution in [0.25, 0.3) is 0 Å². The van der Waals surface area contributed by atoms with E-state index in [2.05, 4.69) is 6.08 Å². The molecule has 1 unspecified atom stereocenters. The predicted octanol–water partition coefficient (Wildman–Crippen LogP) is 1.93. The standard InChI is InChI=1S/C8H12O/c1-2-3-4-7-5-6-8(7)9/h2-3,7H,4-6H2,1H3/b3-2+. The highest BCUT2D eigenvalue weighted by molar-refractivity contribution is 5.86. The first-order valence-corrected chi connectivity index (χ1v) is 3.48.